The van der Waals surface area contributed by atoms with E-state index in [1.165, 1.54) is 0 Å². The van der Waals surface area contributed by atoms with Gasteiger partial charge >= 0.3 is 0 Å². The van der Waals surface area contributed by atoms with Gasteiger partial charge in [-0.1, -0.05) is 0 Å². The molecule has 0 aromatic carbocycles. The number of hydrazine groups is 1. The van der Waals surface area contributed by atoms with Crippen LogP contribution in [0.2, 0.25) is 0 Å². The van der Waals surface area contributed by atoms with Gasteiger partial charge in [-0.25, -0.2) is 15.8 Å². The first-order valence-electron chi connectivity index (χ1n) is 6.53. The number of aromatic nitrogens is 4. The van der Waals surface area contributed by atoms with Crippen LogP contribution in [0.25, 0.3) is 11.0 Å². The number of nitrogens with one attached hydrogen (secondary N) is 1. The molecular formula is C12H21N7O. The molecular weight excluding hydrogens is 258 g/mol. The van der Waals surface area contributed by atoms with Crippen molar-refractivity contribution in [1.29, 1.82) is 0 Å². The lowest BCUT2D eigenvalue weighted by atomic mass is 10.3. The van der Waals surface area contributed by atoms with Crippen LogP contribution in [0.4, 0.5) is 5.82 Å². The van der Waals surface area contributed by atoms with Crippen molar-refractivity contribution in [1.82, 2.24) is 24.6 Å². The molecule has 8 nitrogen and oxygen atoms in total. The molecule has 2 rings (SSSR count). The van der Waals surface area contributed by atoms with Gasteiger partial charge in [0.2, 0.25) is 0 Å². The number of aryl methyl sites for hydroxylation is 1. The quantitative estimate of drug-likeness (QED) is 0.499. The molecule has 0 aliphatic heterocycles. The van der Waals surface area contributed by atoms with E-state index in [0.29, 0.717) is 24.6 Å². The second-order valence-corrected chi connectivity index (χ2v) is 5.01. The second kappa shape index (κ2) is 6.12. The molecule has 0 amide bonds. The van der Waals surface area contributed by atoms with E-state index in [-0.39, 0.29) is 6.10 Å². The first-order valence-corrected chi connectivity index (χ1v) is 6.53. The highest BCUT2D eigenvalue weighted by Gasteiger charge is 2.12. The lowest BCUT2D eigenvalue weighted by molar-refractivity contribution is 0.162. The van der Waals surface area contributed by atoms with E-state index in [4.69, 9.17) is 5.84 Å². The number of aliphatic hydroxyl groups excluding tert-OH is 1. The van der Waals surface area contributed by atoms with Crippen LogP contribution in [-0.4, -0.2) is 49.5 Å². The number of hydrogen-bond donors (Lipinski definition) is 3. The number of anilines is 1. The molecule has 4 N–H and O–H groups in total. The van der Waals surface area contributed by atoms with Gasteiger partial charge < -0.3 is 10.5 Å². The third-order valence-corrected chi connectivity index (χ3v) is 3.12. The van der Waals surface area contributed by atoms with Gasteiger partial charge in [0.25, 0.3) is 0 Å². The fourth-order valence-electron chi connectivity index (χ4n) is 1.98. The molecule has 1 unspecified atom stereocenters. The van der Waals surface area contributed by atoms with Crippen molar-refractivity contribution in [3.8, 4) is 0 Å². The number of nitrogens with two attached hydrogens (primary N) is 1. The largest absolute Gasteiger partial charge is 0.393 e. The lowest BCUT2D eigenvalue weighted by Crippen LogP contribution is -2.23. The highest BCUT2D eigenvalue weighted by atomic mass is 16.3. The average Bonchev–Trinajstić information content (AvgIpc) is 2.77. The molecule has 8 heteroatoms. The Morgan fingerprint density at radius 3 is 2.90 bits per heavy atom. The highest BCUT2D eigenvalue weighted by Crippen LogP contribution is 2.18. The van der Waals surface area contributed by atoms with E-state index >= 15 is 0 Å². The minimum Gasteiger partial charge on any atom is -0.393 e. The van der Waals surface area contributed by atoms with E-state index in [0.717, 1.165) is 17.6 Å². The predicted octanol–water partition coefficient (Wildman–Crippen LogP) is -0.148. The topological polar surface area (TPSA) is 105 Å². The van der Waals surface area contributed by atoms with Gasteiger partial charge in [-0.05, 0) is 20.4 Å². The van der Waals surface area contributed by atoms with Crippen molar-refractivity contribution in [3.05, 3.63) is 12.0 Å². The molecule has 0 spiro atoms. The molecule has 0 bridgehead atoms. The average molecular weight is 279 g/mol. The van der Waals surface area contributed by atoms with Crippen molar-refractivity contribution < 1.29 is 5.11 Å². The van der Waals surface area contributed by atoms with Gasteiger partial charge in [-0.3, -0.25) is 9.58 Å². The molecule has 2 aromatic rings. The van der Waals surface area contributed by atoms with Crippen molar-refractivity contribution in [2.24, 2.45) is 12.9 Å². The number of hydrogen-bond acceptors (Lipinski definition) is 7. The molecule has 0 aliphatic rings. The third-order valence-electron chi connectivity index (χ3n) is 3.12. The van der Waals surface area contributed by atoms with E-state index in [2.05, 4.69) is 25.4 Å². The Kier molecular flexibility index (Phi) is 4.48. The third kappa shape index (κ3) is 3.21. The molecule has 1 atom stereocenters. The van der Waals surface area contributed by atoms with Crippen LogP contribution >= 0.6 is 0 Å². The van der Waals surface area contributed by atoms with E-state index in [1.54, 1.807) is 17.8 Å². The van der Waals surface area contributed by atoms with Crippen LogP contribution in [-0.2, 0) is 13.6 Å². The maximum Gasteiger partial charge on any atom is 0.163 e. The summed E-state index contributed by atoms with van der Waals surface area (Å²) < 4.78 is 1.69. The maximum absolute atomic E-state index is 9.30. The normalized spacial score (nSPS) is 13.1. The molecule has 0 aliphatic carbocycles. The van der Waals surface area contributed by atoms with Gasteiger partial charge in [0.1, 0.15) is 5.82 Å². The van der Waals surface area contributed by atoms with Crippen LogP contribution in [0.15, 0.2) is 6.20 Å². The summed E-state index contributed by atoms with van der Waals surface area (Å²) in [4.78, 5) is 11.0. The van der Waals surface area contributed by atoms with Crippen molar-refractivity contribution >= 4 is 16.9 Å². The van der Waals surface area contributed by atoms with Gasteiger partial charge in [-0.2, -0.15) is 5.10 Å². The molecule has 2 aromatic heterocycles. The zero-order valence-electron chi connectivity index (χ0n) is 12.0. The monoisotopic (exact) mass is 279 g/mol. The van der Waals surface area contributed by atoms with Crippen LogP contribution in [0, 0.1) is 0 Å². The first-order chi connectivity index (χ1) is 9.51. The smallest absolute Gasteiger partial charge is 0.163 e. The van der Waals surface area contributed by atoms with E-state index < -0.39 is 0 Å². The fourth-order valence-corrected chi connectivity index (χ4v) is 1.98. The standard InChI is InChI=1S/C12H21N7O/c1-8(20)4-5-18(2)7-10-15-11(17-13)9-6-14-19(3)12(9)16-10/h6,8,20H,4-5,7,13H2,1-3H3,(H,15,16,17). The van der Waals surface area contributed by atoms with Crippen molar-refractivity contribution in [2.75, 3.05) is 19.0 Å². The Morgan fingerprint density at radius 1 is 1.50 bits per heavy atom. The molecule has 0 fully saturated rings. The number of aliphatic hydroxyl groups is 1. The summed E-state index contributed by atoms with van der Waals surface area (Å²) in [6.45, 7) is 3.14. The van der Waals surface area contributed by atoms with Crippen LogP contribution in [0.3, 0.4) is 0 Å². The number of nitrogen functional groups attached to an aromatic ring is 1. The van der Waals surface area contributed by atoms with E-state index in [1.807, 2.05) is 14.1 Å². The summed E-state index contributed by atoms with van der Waals surface area (Å²) in [5, 5.41) is 14.3. The number of nitrogens with zero attached hydrogens (tertiary/aromatic N) is 5. The Hall–Kier alpha value is -1.77. The fraction of sp³-hybridized carbons (Fsp3) is 0.583. The Labute approximate surface area is 117 Å². The molecule has 110 valence electrons. The SMILES string of the molecule is CC(O)CCN(C)Cc1nc(NN)c2cnn(C)c2n1. The molecule has 2 heterocycles. The summed E-state index contributed by atoms with van der Waals surface area (Å²) in [7, 11) is 3.80. The zero-order chi connectivity index (χ0) is 14.7. The highest BCUT2D eigenvalue weighted by molar-refractivity contribution is 5.86. The maximum atomic E-state index is 9.30. The van der Waals surface area contributed by atoms with Gasteiger partial charge in [0, 0.05) is 13.6 Å². The first kappa shape index (κ1) is 14.6. The summed E-state index contributed by atoms with van der Waals surface area (Å²) >= 11 is 0. The van der Waals surface area contributed by atoms with Crippen LogP contribution in [0.1, 0.15) is 19.2 Å². The molecule has 0 radical (unpaired) electrons. The minimum atomic E-state index is -0.306. The number of fused-ring (bicyclic) bond motifs is 1. The Balaban J connectivity index is 2.19. The van der Waals surface area contributed by atoms with Crippen LogP contribution in [0.5, 0.6) is 0 Å². The predicted molar refractivity (Wildman–Crippen MR) is 76.7 cm³/mol. The summed E-state index contributed by atoms with van der Waals surface area (Å²) in [6, 6.07) is 0. The van der Waals surface area contributed by atoms with Gasteiger partial charge in [-0.15, -0.1) is 0 Å². The number of rotatable bonds is 6. The van der Waals surface area contributed by atoms with Gasteiger partial charge in [0.15, 0.2) is 11.5 Å². The molecule has 20 heavy (non-hydrogen) atoms. The minimum absolute atomic E-state index is 0.306. The summed E-state index contributed by atoms with van der Waals surface area (Å²) in [5.74, 6) is 6.74. The Bertz CT molecular complexity index is 580. The second-order valence-electron chi connectivity index (χ2n) is 5.01. The summed E-state index contributed by atoms with van der Waals surface area (Å²) in [6.07, 6.45) is 2.09. The van der Waals surface area contributed by atoms with Crippen molar-refractivity contribution in [2.45, 2.75) is 26.0 Å². The zero-order valence-corrected chi connectivity index (χ0v) is 12.0. The lowest BCUT2D eigenvalue weighted by Gasteiger charge is -2.17. The van der Waals surface area contributed by atoms with E-state index in [9.17, 15) is 5.11 Å². The summed E-state index contributed by atoms with van der Waals surface area (Å²) in [5.41, 5.74) is 3.33. The Morgan fingerprint density at radius 2 is 2.25 bits per heavy atom. The van der Waals surface area contributed by atoms with Gasteiger partial charge in [0.05, 0.1) is 24.2 Å². The van der Waals surface area contributed by atoms with Crippen molar-refractivity contribution in [3.63, 3.8) is 0 Å². The van der Waals surface area contributed by atoms with Crippen LogP contribution < -0.4 is 11.3 Å². The molecule has 0 saturated carbocycles. The molecule has 0 saturated heterocycles.